The monoisotopic (exact) mass is 731 g/mol. The molecule has 3 saturated heterocycles. The van der Waals surface area contributed by atoms with Crippen molar-refractivity contribution >= 4 is 51.9 Å². The van der Waals surface area contributed by atoms with Crippen LogP contribution in [0, 0.1) is 0 Å². The minimum absolute atomic E-state index is 0.0430. The van der Waals surface area contributed by atoms with Gasteiger partial charge in [0.25, 0.3) is 17.4 Å². The Morgan fingerprint density at radius 1 is 0.926 bits per heavy atom. The van der Waals surface area contributed by atoms with Gasteiger partial charge in [-0.1, -0.05) is 13.0 Å². The van der Waals surface area contributed by atoms with E-state index in [2.05, 4.69) is 40.3 Å². The number of piperazine rings is 1. The van der Waals surface area contributed by atoms with Crippen molar-refractivity contribution in [2.24, 2.45) is 0 Å². The highest BCUT2D eigenvalue weighted by Gasteiger charge is 2.43. The summed E-state index contributed by atoms with van der Waals surface area (Å²) in [7, 11) is 0. The number of nitrogens with zero attached hydrogens (tertiary/aromatic N) is 6. The first-order chi connectivity index (χ1) is 26.1. The van der Waals surface area contributed by atoms with E-state index >= 15 is 0 Å². The number of carbonyl (C=O) groups is 5. The number of aromatic nitrogens is 3. The molecule has 0 saturated carbocycles. The Kier molecular flexibility index (Phi) is 9.40. The van der Waals surface area contributed by atoms with Crippen molar-refractivity contribution in [2.45, 2.75) is 57.7 Å². The van der Waals surface area contributed by atoms with E-state index in [1.807, 2.05) is 37.4 Å². The molecule has 0 aliphatic carbocycles. The summed E-state index contributed by atoms with van der Waals surface area (Å²) in [5, 5.41) is 5.33. The van der Waals surface area contributed by atoms with Crippen LogP contribution in [0.3, 0.4) is 0 Å². The van der Waals surface area contributed by atoms with Gasteiger partial charge in [0, 0.05) is 81.3 Å². The van der Waals surface area contributed by atoms with Gasteiger partial charge in [-0.05, 0) is 66.8 Å². The predicted octanol–water partition coefficient (Wildman–Crippen LogP) is 1.54. The number of aryl methyl sites for hydroxylation is 1. The smallest absolute Gasteiger partial charge is 0.270 e. The zero-order chi connectivity index (χ0) is 37.5. The third-order valence-electron chi connectivity index (χ3n) is 10.9. The molecule has 8 rings (SSSR count). The number of carbonyl (C=O) groups excluding carboxylic acids is 5. The summed E-state index contributed by atoms with van der Waals surface area (Å²) in [6, 6.07) is 11.7. The Morgan fingerprint density at radius 3 is 2.52 bits per heavy atom. The van der Waals surface area contributed by atoms with Gasteiger partial charge in [0.2, 0.25) is 17.7 Å². The molecule has 7 heterocycles. The number of nitrogens with one attached hydrogen (secondary N) is 3. The number of amides is 5. The molecule has 3 N–H and O–H groups in total. The molecule has 1 unspecified atom stereocenters. The van der Waals surface area contributed by atoms with E-state index in [4.69, 9.17) is 0 Å². The fourth-order valence-electron chi connectivity index (χ4n) is 7.98. The van der Waals surface area contributed by atoms with E-state index in [0.29, 0.717) is 42.8 Å². The number of fused-ring (bicyclic) bond motifs is 2. The lowest BCUT2D eigenvalue weighted by Crippen LogP contribution is -2.58. The van der Waals surface area contributed by atoms with Gasteiger partial charge in [0.1, 0.15) is 11.7 Å². The molecular weight excluding hydrogens is 690 g/mol. The SMILES string of the molecule is CCc1cc2ncc(CN3CCN(c4ccc(C(=O)N[C@@H]5CCN(c6cccc7c6CC(=O)N(C6CCC(=O)NC6=O)C7=O)C5)nc4)CC3)cc2[nH]c1=O. The maximum Gasteiger partial charge on any atom is 0.270 e. The lowest BCUT2D eigenvalue weighted by molar-refractivity contribution is -0.143. The second-order valence-electron chi connectivity index (χ2n) is 14.3. The van der Waals surface area contributed by atoms with Crippen molar-refractivity contribution in [3.05, 3.63) is 93.2 Å². The van der Waals surface area contributed by atoms with Gasteiger partial charge in [0.15, 0.2) is 0 Å². The quantitative estimate of drug-likeness (QED) is 0.224. The van der Waals surface area contributed by atoms with Crippen molar-refractivity contribution in [1.29, 1.82) is 0 Å². The van der Waals surface area contributed by atoms with Crippen LogP contribution in [-0.4, -0.2) is 106 Å². The molecule has 54 heavy (non-hydrogen) atoms. The number of rotatable bonds is 8. The lowest BCUT2D eigenvalue weighted by Gasteiger charge is -2.36. The number of pyridine rings is 3. The summed E-state index contributed by atoms with van der Waals surface area (Å²) in [4.78, 5) is 96.1. The van der Waals surface area contributed by atoms with E-state index in [1.54, 1.807) is 24.4 Å². The van der Waals surface area contributed by atoms with Gasteiger partial charge in [0.05, 0.1) is 29.3 Å². The third kappa shape index (κ3) is 6.82. The molecule has 0 spiro atoms. The van der Waals surface area contributed by atoms with E-state index < -0.39 is 29.7 Å². The van der Waals surface area contributed by atoms with E-state index in [1.165, 1.54) is 0 Å². The lowest BCUT2D eigenvalue weighted by atomic mass is 9.93. The first-order valence-electron chi connectivity index (χ1n) is 18.5. The molecule has 4 aliphatic rings. The van der Waals surface area contributed by atoms with Gasteiger partial charge < -0.3 is 20.1 Å². The molecule has 4 aromatic rings. The van der Waals surface area contributed by atoms with Crippen LogP contribution in [0.25, 0.3) is 11.0 Å². The fraction of sp³-hybridized carbons (Fsp3) is 0.385. The first-order valence-corrected chi connectivity index (χ1v) is 18.5. The molecule has 5 amide bonds. The number of hydrogen-bond acceptors (Lipinski definition) is 11. The highest BCUT2D eigenvalue weighted by atomic mass is 16.2. The van der Waals surface area contributed by atoms with E-state index in [0.717, 1.165) is 71.2 Å². The zero-order valence-electron chi connectivity index (χ0n) is 30.0. The number of hydrogen-bond donors (Lipinski definition) is 3. The molecule has 278 valence electrons. The van der Waals surface area contributed by atoms with Gasteiger partial charge in [-0.15, -0.1) is 0 Å². The summed E-state index contributed by atoms with van der Waals surface area (Å²) < 4.78 is 0. The second-order valence-corrected chi connectivity index (χ2v) is 14.3. The van der Waals surface area contributed by atoms with Crippen LogP contribution in [0.4, 0.5) is 11.4 Å². The highest BCUT2D eigenvalue weighted by Crippen LogP contribution is 2.33. The van der Waals surface area contributed by atoms with Crippen LogP contribution in [0.5, 0.6) is 0 Å². The molecule has 4 aliphatic heterocycles. The summed E-state index contributed by atoms with van der Waals surface area (Å²) in [5.41, 5.74) is 6.25. The third-order valence-corrected chi connectivity index (χ3v) is 10.9. The molecule has 15 nitrogen and oxygen atoms in total. The number of imide groups is 2. The maximum atomic E-state index is 13.5. The largest absolute Gasteiger partial charge is 0.369 e. The molecule has 3 aromatic heterocycles. The minimum atomic E-state index is -1.01. The van der Waals surface area contributed by atoms with E-state index in [9.17, 15) is 28.8 Å². The molecule has 15 heteroatoms. The number of anilines is 2. The zero-order valence-corrected chi connectivity index (χ0v) is 30.0. The molecule has 1 aromatic carbocycles. The topological polar surface area (TPSA) is 181 Å². The summed E-state index contributed by atoms with van der Waals surface area (Å²) in [6.45, 7) is 7.10. The average molecular weight is 732 g/mol. The van der Waals surface area contributed by atoms with Crippen molar-refractivity contribution in [3.63, 3.8) is 0 Å². The van der Waals surface area contributed by atoms with Crippen LogP contribution < -0.4 is 26.0 Å². The summed E-state index contributed by atoms with van der Waals surface area (Å²) in [6.07, 6.45) is 5.09. The Morgan fingerprint density at radius 2 is 1.76 bits per heavy atom. The van der Waals surface area contributed by atoms with Gasteiger partial charge >= 0.3 is 0 Å². The molecular formula is C39H41N9O6. The average Bonchev–Trinajstić information content (AvgIpc) is 3.63. The van der Waals surface area contributed by atoms with Gasteiger partial charge in [-0.25, -0.2) is 4.98 Å². The summed E-state index contributed by atoms with van der Waals surface area (Å²) >= 11 is 0. The van der Waals surface area contributed by atoms with Crippen LogP contribution in [0.1, 0.15) is 63.7 Å². The van der Waals surface area contributed by atoms with E-state index in [-0.39, 0.29) is 36.8 Å². The van der Waals surface area contributed by atoms with Crippen molar-refractivity contribution in [3.8, 4) is 0 Å². The second kappa shape index (κ2) is 14.5. The normalized spacial score (nSPS) is 20.7. The maximum absolute atomic E-state index is 13.5. The number of benzene rings is 1. The van der Waals surface area contributed by atoms with Crippen LogP contribution in [0.15, 0.2) is 59.7 Å². The predicted molar refractivity (Wildman–Crippen MR) is 199 cm³/mol. The number of aromatic amines is 1. The highest BCUT2D eigenvalue weighted by molar-refractivity contribution is 6.14. The molecule has 3 fully saturated rings. The van der Waals surface area contributed by atoms with Crippen LogP contribution in [0.2, 0.25) is 0 Å². The van der Waals surface area contributed by atoms with Crippen LogP contribution in [-0.2, 0) is 33.8 Å². The standard InChI is InChI=1S/C39H41N9O6/c1-2-24-17-30-31(43-36(24)51)16-23(19-40-30)21-45-12-14-46(15-13-45)26-6-7-29(41-20-26)37(52)42-25-10-11-47(22-25)32-5-3-4-27-28(32)18-35(50)48(39(27)54)33-8-9-34(49)44-38(33)53/h3-7,16-17,19-20,25,33H,2,8-15,18,21-22H2,1H3,(H,42,52)(H,43,51)(H,44,49,53)/t25-,33?/m1/s1. The Labute approximate surface area is 310 Å². The fourth-order valence-corrected chi connectivity index (χ4v) is 7.98. The first kappa shape index (κ1) is 35.1. The van der Waals surface area contributed by atoms with Crippen molar-refractivity contribution in [1.82, 2.24) is 35.4 Å². The molecule has 0 radical (unpaired) electrons. The van der Waals surface area contributed by atoms with Gasteiger partial charge in [-0.3, -0.25) is 48.9 Å². The molecule has 0 bridgehead atoms. The Hall–Kier alpha value is -5.96. The number of H-pyrrole nitrogens is 1. The van der Waals surface area contributed by atoms with Crippen molar-refractivity contribution in [2.75, 3.05) is 49.1 Å². The molecule has 2 atom stereocenters. The van der Waals surface area contributed by atoms with Crippen molar-refractivity contribution < 1.29 is 24.0 Å². The van der Waals surface area contributed by atoms with Gasteiger partial charge in [-0.2, -0.15) is 0 Å². The Balaban J connectivity index is 0.844. The Bertz CT molecular complexity index is 2230. The number of piperidine rings is 1. The van der Waals surface area contributed by atoms with Crippen LogP contribution >= 0.6 is 0 Å². The minimum Gasteiger partial charge on any atom is -0.369 e. The summed E-state index contributed by atoms with van der Waals surface area (Å²) in [5.74, 6) is -2.33.